The number of unbranched alkanes of at least 4 members (excludes halogenated alkanes) is 8. The maximum Gasteiger partial charge on any atom is 0.0726 e. The summed E-state index contributed by atoms with van der Waals surface area (Å²) in [5, 5.41) is 18.2. The number of allylic oxidation sites excluding steroid dienone is 4. The van der Waals surface area contributed by atoms with Crippen molar-refractivity contribution in [1.82, 2.24) is 20.6 Å². The highest BCUT2D eigenvalue weighted by Crippen LogP contribution is 2.55. The van der Waals surface area contributed by atoms with Crippen LogP contribution in [0.3, 0.4) is 0 Å². The summed E-state index contributed by atoms with van der Waals surface area (Å²) >= 11 is 0. The number of pyridine rings is 2. The van der Waals surface area contributed by atoms with Crippen molar-refractivity contribution >= 4 is 33.2 Å². The smallest absolute Gasteiger partial charge is 0.0726 e. The lowest BCUT2D eigenvalue weighted by Gasteiger charge is -2.56. The molecule has 6 aliphatic rings. The van der Waals surface area contributed by atoms with Crippen molar-refractivity contribution in [3.05, 3.63) is 118 Å². The van der Waals surface area contributed by atoms with E-state index in [1.165, 1.54) is 151 Å². The average Bonchev–Trinajstić information content (AvgIpc) is 3.44. The second kappa shape index (κ2) is 24.8. The van der Waals surface area contributed by atoms with E-state index in [9.17, 15) is 0 Å². The minimum absolute atomic E-state index is 0.0591. The van der Waals surface area contributed by atoms with Crippen molar-refractivity contribution in [1.29, 1.82) is 0 Å². The lowest BCUT2D eigenvalue weighted by molar-refractivity contribution is 0.105. The molecule has 0 saturated heterocycles. The molecule has 4 bridgehead atoms. The van der Waals surface area contributed by atoms with Crippen LogP contribution in [0.25, 0.3) is 21.8 Å². The Balaban J connectivity index is 0.000000186. The Labute approximate surface area is 460 Å². The fourth-order valence-corrected chi connectivity index (χ4v) is 15.2. The van der Waals surface area contributed by atoms with E-state index in [1.807, 2.05) is 0 Å². The maximum absolute atomic E-state index is 7.01. The topological polar surface area (TPSA) is 126 Å². The predicted octanol–water partition coefficient (Wildman–Crippen LogP) is 14.9. The van der Waals surface area contributed by atoms with Crippen LogP contribution >= 0.6 is 0 Å². The highest BCUT2D eigenvalue weighted by atomic mass is 15.0. The largest absolute Gasteiger partial charge is 0.384 e. The zero-order valence-corrected chi connectivity index (χ0v) is 48.7. The third kappa shape index (κ3) is 12.1. The molecule has 2 saturated carbocycles. The minimum Gasteiger partial charge on any atom is -0.384 e. The SMILES string of the molecule is CC=C1C2C=C(C)CC1(NCCCCCCCNc1c3c(nc4ccccc14)CCCC3)CC(N)C2(C)C.CC=C1C2C=C(C)C[C@]1(N)CC(NCCCCCCCNc1c3c(nc4ccccc14)CCCC3)C2(C)C. The van der Waals surface area contributed by atoms with E-state index >= 15 is 0 Å². The lowest BCUT2D eigenvalue weighted by Crippen LogP contribution is -2.63. The Morgan fingerprint density at radius 2 is 1.04 bits per heavy atom. The summed E-state index contributed by atoms with van der Waals surface area (Å²) in [6, 6.07) is 18.0. The fraction of sp³-hybridized carbons (Fsp3) is 0.618. The quantitative estimate of drug-likeness (QED) is 0.0382. The second-order valence-corrected chi connectivity index (χ2v) is 25.8. The molecule has 0 spiro atoms. The summed E-state index contributed by atoms with van der Waals surface area (Å²) in [5.41, 5.74) is 30.6. The summed E-state index contributed by atoms with van der Waals surface area (Å²) < 4.78 is 0. The zero-order valence-electron chi connectivity index (χ0n) is 48.7. The molecule has 0 aliphatic heterocycles. The van der Waals surface area contributed by atoms with Crippen molar-refractivity contribution in [3.8, 4) is 0 Å². The van der Waals surface area contributed by atoms with Crippen LogP contribution in [-0.4, -0.2) is 59.3 Å². The molecule has 8 nitrogen and oxygen atoms in total. The Bertz CT molecular complexity index is 2760. The third-order valence-electron chi connectivity index (χ3n) is 19.6. The number of fused-ring (bicyclic) bond motifs is 8. The van der Waals surface area contributed by atoms with Gasteiger partial charge < -0.3 is 32.7 Å². The molecule has 8 N–H and O–H groups in total. The first kappa shape index (κ1) is 56.4. The molecule has 2 aromatic carbocycles. The van der Waals surface area contributed by atoms with Gasteiger partial charge in [-0.2, -0.15) is 0 Å². The van der Waals surface area contributed by atoms with Crippen LogP contribution in [-0.2, 0) is 25.7 Å². The van der Waals surface area contributed by atoms with Gasteiger partial charge >= 0.3 is 0 Å². The van der Waals surface area contributed by atoms with Gasteiger partial charge in [-0.25, -0.2) is 0 Å². The molecule has 4 aromatic rings. The van der Waals surface area contributed by atoms with Gasteiger partial charge in [-0.3, -0.25) is 9.97 Å². The van der Waals surface area contributed by atoms with Gasteiger partial charge in [-0.1, -0.05) is 138 Å². The lowest BCUT2D eigenvalue weighted by atomic mass is 9.53. The standard InChI is InChI=1S/2C34H50N4/c1-5-27-28-21-24(2)22-34(27,35)23-31(33(28,3)4)36-19-13-7-6-8-14-20-37-32-25-15-9-11-17-29(25)38-30-18-12-10-16-26(30)32;1-5-27-28-21-24(2)22-34(27,23-31(35)33(28,3)4)37-20-14-8-6-7-13-19-36-32-25-15-9-11-17-29(25)38-30-18-12-10-16-26(30)32/h5,9,11,15,17,21,28,31,36H,6-8,10,12-14,16,18-20,22-23,35H2,1-4H3,(H,37,38);5,9,11,15,17,21,28,31,37H,6-8,10,12-14,16,18-20,22-23,35H2,1-4H3,(H,36,38)/t28?,31?,34-;/m0./s1. The summed E-state index contributed by atoms with van der Waals surface area (Å²) in [5.74, 6) is 0.904. The van der Waals surface area contributed by atoms with E-state index < -0.39 is 0 Å². The van der Waals surface area contributed by atoms with Crippen molar-refractivity contribution in [2.45, 2.75) is 220 Å². The number of aryl methyl sites for hydroxylation is 2. The van der Waals surface area contributed by atoms with E-state index in [-0.39, 0.29) is 27.9 Å². The van der Waals surface area contributed by atoms with Gasteiger partial charge in [0.1, 0.15) is 0 Å². The Kier molecular flexibility index (Phi) is 18.4. The van der Waals surface area contributed by atoms with Crippen molar-refractivity contribution < 1.29 is 0 Å². The Hall–Kier alpha value is -4.34. The molecule has 2 fully saturated rings. The maximum atomic E-state index is 7.01. The van der Waals surface area contributed by atoms with E-state index in [0.717, 1.165) is 88.6 Å². The van der Waals surface area contributed by atoms with E-state index in [2.05, 4.69) is 149 Å². The van der Waals surface area contributed by atoms with Gasteiger partial charge in [0.25, 0.3) is 0 Å². The normalized spacial score (nSPS) is 27.3. The number of nitrogens with one attached hydrogen (secondary N) is 4. The monoisotopic (exact) mass is 1030 g/mol. The number of anilines is 2. The Morgan fingerprint density at radius 3 is 1.59 bits per heavy atom. The zero-order chi connectivity index (χ0) is 53.5. The Morgan fingerprint density at radius 1 is 0.566 bits per heavy atom. The van der Waals surface area contributed by atoms with Crippen LogP contribution in [0.5, 0.6) is 0 Å². The number of hydrogen-bond acceptors (Lipinski definition) is 8. The molecule has 2 heterocycles. The molecular formula is C68H100N8. The van der Waals surface area contributed by atoms with Gasteiger partial charge in [0.15, 0.2) is 0 Å². The first-order chi connectivity index (χ1) is 36.7. The molecular weight excluding hydrogens is 929 g/mol. The number of aromatic nitrogens is 2. The van der Waals surface area contributed by atoms with Crippen LogP contribution in [0, 0.1) is 22.7 Å². The first-order valence-corrected chi connectivity index (χ1v) is 30.7. The van der Waals surface area contributed by atoms with E-state index in [1.54, 1.807) is 5.57 Å². The van der Waals surface area contributed by atoms with Crippen molar-refractivity contribution in [3.63, 3.8) is 0 Å². The number of para-hydroxylation sites is 2. The van der Waals surface area contributed by atoms with Crippen LogP contribution in [0.1, 0.15) is 193 Å². The molecule has 5 unspecified atom stereocenters. The molecule has 10 rings (SSSR count). The average molecular weight is 1030 g/mol. The van der Waals surface area contributed by atoms with Crippen LogP contribution in [0.4, 0.5) is 11.4 Å². The number of benzene rings is 2. The van der Waals surface area contributed by atoms with Crippen molar-refractivity contribution in [2.75, 3.05) is 36.8 Å². The molecule has 6 aliphatic carbocycles. The summed E-state index contributed by atoms with van der Waals surface area (Å²) in [6.45, 7) is 22.8. The molecule has 2 aromatic heterocycles. The highest BCUT2D eigenvalue weighted by molar-refractivity contribution is 5.94. The molecule has 8 heteroatoms. The van der Waals surface area contributed by atoms with Crippen LogP contribution in [0.2, 0.25) is 0 Å². The minimum atomic E-state index is -0.169. The molecule has 412 valence electrons. The number of rotatable bonds is 20. The van der Waals surface area contributed by atoms with Crippen LogP contribution < -0.4 is 32.7 Å². The van der Waals surface area contributed by atoms with E-state index in [4.69, 9.17) is 21.4 Å². The number of nitrogens with two attached hydrogens (primary N) is 2. The summed E-state index contributed by atoms with van der Waals surface area (Å²) in [4.78, 5) is 9.96. The van der Waals surface area contributed by atoms with Crippen molar-refractivity contribution in [2.24, 2.45) is 34.1 Å². The predicted molar refractivity (Wildman–Crippen MR) is 325 cm³/mol. The van der Waals surface area contributed by atoms with Gasteiger partial charge in [0.2, 0.25) is 0 Å². The molecule has 76 heavy (non-hydrogen) atoms. The second-order valence-electron chi connectivity index (χ2n) is 25.8. The third-order valence-corrected chi connectivity index (χ3v) is 19.6. The van der Waals surface area contributed by atoms with Gasteiger partial charge in [0, 0.05) is 81.6 Å². The molecule has 0 amide bonds. The summed E-state index contributed by atoms with van der Waals surface area (Å²) in [7, 11) is 0. The molecule has 0 radical (unpaired) electrons. The molecule has 6 atom stereocenters. The van der Waals surface area contributed by atoms with Gasteiger partial charge in [-0.05, 0) is 189 Å². The van der Waals surface area contributed by atoms with Gasteiger partial charge in [-0.15, -0.1) is 0 Å². The first-order valence-electron chi connectivity index (χ1n) is 30.7. The van der Waals surface area contributed by atoms with Gasteiger partial charge in [0.05, 0.1) is 11.0 Å². The number of hydrogen-bond donors (Lipinski definition) is 6. The fourth-order valence-electron chi connectivity index (χ4n) is 15.2. The number of nitrogens with zero attached hydrogens (tertiary/aromatic N) is 2. The highest BCUT2D eigenvalue weighted by Gasteiger charge is 2.54. The summed E-state index contributed by atoms with van der Waals surface area (Å²) in [6.07, 6.45) is 36.2. The van der Waals surface area contributed by atoms with Crippen LogP contribution in [0.15, 0.2) is 95.1 Å². The van der Waals surface area contributed by atoms with E-state index in [0.29, 0.717) is 17.9 Å².